The Morgan fingerprint density at radius 3 is 3.15 bits per heavy atom. The van der Waals surface area contributed by atoms with Crippen LogP contribution in [-0.2, 0) is 9.59 Å². The first-order chi connectivity index (χ1) is 9.61. The fourth-order valence-electron chi connectivity index (χ4n) is 1.86. The molecule has 1 aliphatic heterocycles. The number of benzene rings is 1. The Hall–Kier alpha value is -2.41. The molecule has 2 heterocycles. The van der Waals surface area contributed by atoms with Gasteiger partial charge in [-0.05, 0) is 18.2 Å². The summed E-state index contributed by atoms with van der Waals surface area (Å²) >= 11 is 1.35. The van der Waals surface area contributed by atoms with Crippen LogP contribution >= 0.6 is 11.3 Å². The predicted molar refractivity (Wildman–Crippen MR) is 76.0 cm³/mol. The Morgan fingerprint density at radius 2 is 2.35 bits per heavy atom. The van der Waals surface area contributed by atoms with Gasteiger partial charge in [0, 0.05) is 17.9 Å². The molecule has 2 amide bonds. The summed E-state index contributed by atoms with van der Waals surface area (Å²) in [6.07, 6.45) is 0. The highest BCUT2D eigenvalue weighted by Gasteiger charge is 2.17. The van der Waals surface area contributed by atoms with Crippen molar-refractivity contribution in [1.29, 1.82) is 0 Å². The van der Waals surface area contributed by atoms with Crippen LogP contribution in [0.2, 0.25) is 0 Å². The predicted octanol–water partition coefficient (Wildman–Crippen LogP) is 2.10. The highest BCUT2D eigenvalue weighted by atomic mass is 32.1. The normalized spacial score (nSPS) is 13.2. The summed E-state index contributed by atoms with van der Waals surface area (Å²) in [7, 11) is 0. The molecule has 0 bridgehead atoms. The van der Waals surface area contributed by atoms with Crippen molar-refractivity contribution in [2.75, 3.05) is 17.2 Å². The number of ether oxygens (including phenoxy) is 1. The monoisotopic (exact) mass is 289 g/mol. The maximum atomic E-state index is 11.3. The molecule has 102 valence electrons. The van der Waals surface area contributed by atoms with Gasteiger partial charge in [-0.15, -0.1) is 11.3 Å². The van der Waals surface area contributed by atoms with Crippen molar-refractivity contribution in [3.05, 3.63) is 23.6 Å². The van der Waals surface area contributed by atoms with Crippen LogP contribution in [0.5, 0.6) is 5.75 Å². The van der Waals surface area contributed by atoms with Crippen LogP contribution in [0.3, 0.4) is 0 Å². The SMILES string of the molecule is CC(=O)Nc1nc(-c2ccc3c(c2)NC(=O)CO3)cs1. The van der Waals surface area contributed by atoms with Crippen molar-refractivity contribution in [2.45, 2.75) is 6.92 Å². The summed E-state index contributed by atoms with van der Waals surface area (Å²) in [6.45, 7) is 1.47. The van der Waals surface area contributed by atoms with E-state index < -0.39 is 0 Å². The minimum absolute atomic E-state index is 0.0374. The molecular weight excluding hydrogens is 278 g/mol. The zero-order valence-corrected chi connectivity index (χ0v) is 11.4. The third-order valence-corrected chi connectivity index (χ3v) is 3.45. The van der Waals surface area contributed by atoms with Gasteiger partial charge in [0.15, 0.2) is 11.7 Å². The number of thiazole rings is 1. The number of rotatable bonds is 2. The molecule has 0 spiro atoms. The van der Waals surface area contributed by atoms with Gasteiger partial charge in [-0.1, -0.05) is 0 Å². The Bertz CT molecular complexity index is 696. The van der Waals surface area contributed by atoms with Crippen LogP contribution in [-0.4, -0.2) is 23.4 Å². The molecule has 0 radical (unpaired) electrons. The summed E-state index contributed by atoms with van der Waals surface area (Å²) in [4.78, 5) is 26.6. The van der Waals surface area contributed by atoms with Crippen LogP contribution < -0.4 is 15.4 Å². The number of hydrogen-bond donors (Lipinski definition) is 2. The highest BCUT2D eigenvalue weighted by Crippen LogP contribution is 2.33. The fourth-order valence-corrected chi connectivity index (χ4v) is 2.62. The number of carbonyl (C=O) groups excluding carboxylic acids is 2. The lowest BCUT2D eigenvalue weighted by Gasteiger charge is -2.18. The minimum atomic E-state index is -0.174. The standard InChI is InChI=1S/C13H11N3O3S/c1-7(17)14-13-16-10(6-20-13)8-2-3-11-9(4-8)15-12(18)5-19-11/h2-4,6H,5H2,1H3,(H,15,18)(H,14,16,17). The third-order valence-electron chi connectivity index (χ3n) is 2.70. The Kier molecular flexibility index (Phi) is 3.11. The fraction of sp³-hybridized carbons (Fsp3) is 0.154. The summed E-state index contributed by atoms with van der Waals surface area (Å²) in [5.74, 6) is 0.314. The van der Waals surface area contributed by atoms with Crippen LogP contribution in [0.15, 0.2) is 23.6 Å². The van der Waals surface area contributed by atoms with E-state index in [2.05, 4.69) is 15.6 Å². The van der Waals surface area contributed by atoms with Crippen molar-refractivity contribution >= 4 is 34.0 Å². The molecule has 0 aliphatic carbocycles. The first-order valence-electron chi connectivity index (χ1n) is 5.92. The summed E-state index contributed by atoms with van der Waals surface area (Å²) < 4.78 is 5.30. The highest BCUT2D eigenvalue weighted by molar-refractivity contribution is 7.14. The second-order valence-electron chi connectivity index (χ2n) is 4.27. The Morgan fingerprint density at radius 1 is 1.50 bits per heavy atom. The first kappa shape index (κ1) is 12.6. The van der Waals surface area contributed by atoms with Gasteiger partial charge in [0.05, 0.1) is 11.4 Å². The van der Waals surface area contributed by atoms with Gasteiger partial charge in [-0.2, -0.15) is 0 Å². The van der Waals surface area contributed by atoms with E-state index >= 15 is 0 Å². The van der Waals surface area contributed by atoms with Gasteiger partial charge in [-0.3, -0.25) is 9.59 Å². The van der Waals surface area contributed by atoms with Crippen LogP contribution in [0.1, 0.15) is 6.92 Å². The van der Waals surface area contributed by atoms with Gasteiger partial charge >= 0.3 is 0 Å². The average Bonchev–Trinajstić information content (AvgIpc) is 2.85. The number of carbonyl (C=O) groups is 2. The quantitative estimate of drug-likeness (QED) is 0.887. The number of anilines is 2. The largest absolute Gasteiger partial charge is 0.482 e. The number of fused-ring (bicyclic) bond motifs is 1. The molecule has 0 unspecified atom stereocenters. The van der Waals surface area contributed by atoms with Gasteiger partial charge < -0.3 is 15.4 Å². The molecule has 20 heavy (non-hydrogen) atoms. The Labute approximate surface area is 118 Å². The van der Waals surface area contributed by atoms with Gasteiger partial charge in [0.2, 0.25) is 5.91 Å². The number of amides is 2. The maximum Gasteiger partial charge on any atom is 0.262 e. The molecule has 0 saturated heterocycles. The van der Waals surface area contributed by atoms with Crippen LogP contribution in [0.25, 0.3) is 11.3 Å². The molecule has 0 fully saturated rings. The van der Waals surface area contributed by atoms with E-state index in [0.29, 0.717) is 16.6 Å². The van der Waals surface area contributed by atoms with Gasteiger partial charge in [-0.25, -0.2) is 4.98 Å². The topological polar surface area (TPSA) is 80.3 Å². The molecule has 3 rings (SSSR count). The van der Waals surface area contributed by atoms with Crippen LogP contribution in [0.4, 0.5) is 10.8 Å². The van der Waals surface area contributed by atoms with Gasteiger partial charge in [0.25, 0.3) is 5.91 Å². The van der Waals surface area contributed by atoms with E-state index in [1.807, 2.05) is 11.4 Å². The minimum Gasteiger partial charge on any atom is -0.482 e. The van der Waals surface area contributed by atoms with Crippen molar-refractivity contribution in [1.82, 2.24) is 4.98 Å². The van der Waals surface area contributed by atoms with E-state index in [4.69, 9.17) is 4.74 Å². The number of aromatic nitrogens is 1. The van der Waals surface area contributed by atoms with E-state index in [-0.39, 0.29) is 18.4 Å². The molecule has 0 atom stereocenters. The zero-order chi connectivity index (χ0) is 14.1. The Balaban J connectivity index is 1.90. The molecular formula is C13H11N3O3S. The molecule has 1 aromatic carbocycles. The number of nitrogens with one attached hydrogen (secondary N) is 2. The van der Waals surface area contributed by atoms with E-state index in [1.165, 1.54) is 18.3 Å². The van der Waals surface area contributed by atoms with Crippen molar-refractivity contribution in [2.24, 2.45) is 0 Å². The lowest BCUT2D eigenvalue weighted by atomic mass is 10.1. The molecule has 7 heteroatoms. The van der Waals surface area contributed by atoms with Crippen molar-refractivity contribution in [3.8, 4) is 17.0 Å². The summed E-state index contributed by atoms with van der Waals surface area (Å²) in [6, 6.07) is 5.46. The smallest absolute Gasteiger partial charge is 0.262 e. The molecule has 1 aliphatic rings. The second-order valence-corrected chi connectivity index (χ2v) is 5.12. The van der Waals surface area contributed by atoms with E-state index in [1.54, 1.807) is 12.1 Å². The third kappa shape index (κ3) is 2.48. The first-order valence-corrected chi connectivity index (χ1v) is 6.80. The van der Waals surface area contributed by atoms with Crippen molar-refractivity contribution in [3.63, 3.8) is 0 Å². The van der Waals surface area contributed by atoms with E-state index in [9.17, 15) is 9.59 Å². The molecule has 2 aromatic rings. The summed E-state index contributed by atoms with van der Waals surface area (Å²) in [5, 5.41) is 7.78. The molecule has 2 N–H and O–H groups in total. The summed E-state index contributed by atoms with van der Waals surface area (Å²) in [5.41, 5.74) is 2.22. The lowest BCUT2D eigenvalue weighted by molar-refractivity contribution is -0.118. The number of hydrogen-bond acceptors (Lipinski definition) is 5. The zero-order valence-electron chi connectivity index (χ0n) is 10.6. The second kappa shape index (κ2) is 4.93. The lowest BCUT2D eigenvalue weighted by Crippen LogP contribution is -2.25. The molecule has 0 saturated carbocycles. The maximum absolute atomic E-state index is 11.3. The molecule has 6 nitrogen and oxygen atoms in total. The van der Waals surface area contributed by atoms with Gasteiger partial charge in [0.1, 0.15) is 5.75 Å². The average molecular weight is 289 g/mol. The molecule has 1 aromatic heterocycles. The van der Waals surface area contributed by atoms with Crippen molar-refractivity contribution < 1.29 is 14.3 Å². The van der Waals surface area contributed by atoms with E-state index in [0.717, 1.165) is 11.3 Å². The van der Waals surface area contributed by atoms with Crippen LogP contribution in [0, 0.1) is 0 Å². The number of nitrogens with zero attached hydrogens (tertiary/aromatic N) is 1.